The largest absolute Gasteiger partial charge is 0.389 e. The maximum absolute atomic E-state index is 11.4. The summed E-state index contributed by atoms with van der Waals surface area (Å²) in [5.74, 6) is -0.187. The Morgan fingerprint density at radius 2 is 2.25 bits per heavy atom. The standard InChI is InChI=1S/C12H17NO2S/c1-9-4-5-10(16-9)6-7-11(14)13-8-12(2,3)15/h4-7,15H,8H2,1-3H3,(H,13,14). The van der Waals surface area contributed by atoms with E-state index in [0.29, 0.717) is 0 Å². The Morgan fingerprint density at radius 3 is 2.75 bits per heavy atom. The highest BCUT2D eigenvalue weighted by Gasteiger charge is 2.12. The van der Waals surface area contributed by atoms with E-state index in [1.165, 1.54) is 11.0 Å². The molecule has 0 aliphatic heterocycles. The van der Waals surface area contributed by atoms with Crippen LogP contribution in [0.25, 0.3) is 6.08 Å². The molecule has 0 bridgehead atoms. The second-order valence-electron chi connectivity index (χ2n) is 4.31. The molecular weight excluding hydrogens is 222 g/mol. The van der Waals surface area contributed by atoms with Crippen molar-refractivity contribution in [1.82, 2.24) is 5.32 Å². The first kappa shape index (κ1) is 12.9. The number of thiophene rings is 1. The molecule has 16 heavy (non-hydrogen) atoms. The van der Waals surface area contributed by atoms with Crippen LogP contribution >= 0.6 is 11.3 Å². The summed E-state index contributed by atoms with van der Waals surface area (Å²) in [4.78, 5) is 13.6. The fourth-order valence-electron chi connectivity index (χ4n) is 1.06. The highest BCUT2D eigenvalue weighted by molar-refractivity contribution is 7.12. The van der Waals surface area contributed by atoms with E-state index in [0.717, 1.165) is 4.88 Å². The summed E-state index contributed by atoms with van der Waals surface area (Å²) >= 11 is 1.64. The van der Waals surface area contributed by atoms with Gasteiger partial charge in [0.1, 0.15) is 0 Å². The molecule has 3 nitrogen and oxygen atoms in total. The second-order valence-corrected chi connectivity index (χ2v) is 5.63. The number of hydrogen-bond acceptors (Lipinski definition) is 3. The molecule has 1 amide bonds. The number of aliphatic hydroxyl groups is 1. The molecule has 0 atom stereocenters. The van der Waals surface area contributed by atoms with Crippen molar-refractivity contribution < 1.29 is 9.90 Å². The molecule has 0 radical (unpaired) electrons. The molecule has 4 heteroatoms. The molecule has 1 rings (SSSR count). The number of aryl methyl sites for hydroxylation is 1. The van der Waals surface area contributed by atoms with E-state index in [-0.39, 0.29) is 12.5 Å². The van der Waals surface area contributed by atoms with Crippen LogP contribution in [0, 0.1) is 6.92 Å². The molecule has 1 heterocycles. The fraction of sp³-hybridized carbons (Fsp3) is 0.417. The van der Waals surface area contributed by atoms with Crippen LogP contribution in [0.1, 0.15) is 23.6 Å². The lowest BCUT2D eigenvalue weighted by Gasteiger charge is -2.16. The molecule has 1 aromatic rings. The van der Waals surface area contributed by atoms with Gasteiger partial charge >= 0.3 is 0 Å². The lowest BCUT2D eigenvalue weighted by Crippen LogP contribution is -2.37. The topological polar surface area (TPSA) is 49.3 Å². The first-order valence-electron chi connectivity index (χ1n) is 5.11. The quantitative estimate of drug-likeness (QED) is 0.789. The summed E-state index contributed by atoms with van der Waals surface area (Å²) in [6.07, 6.45) is 3.26. The van der Waals surface area contributed by atoms with E-state index >= 15 is 0 Å². The van der Waals surface area contributed by atoms with Gasteiger partial charge in [0.15, 0.2) is 0 Å². The number of carbonyl (C=O) groups excluding carboxylic acids is 1. The van der Waals surface area contributed by atoms with Crippen LogP contribution in [-0.2, 0) is 4.79 Å². The zero-order valence-electron chi connectivity index (χ0n) is 9.78. The van der Waals surface area contributed by atoms with Gasteiger partial charge in [0, 0.05) is 22.4 Å². The molecule has 88 valence electrons. The van der Waals surface area contributed by atoms with Gasteiger partial charge in [-0.1, -0.05) is 0 Å². The van der Waals surface area contributed by atoms with Gasteiger partial charge in [-0.15, -0.1) is 11.3 Å². The van der Waals surface area contributed by atoms with Gasteiger partial charge in [-0.25, -0.2) is 0 Å². The van der Waals surface area contributed by atoms with Crippen molar-refractivity contribution in [2.45, 2.75) is 26.4 Å². The summed E-state index contributed by atoms with van der Waals surface area (Å²) in [5, 5.41) is 12.0. The highest BCUT2D eigenvalue weighted by atomic mass is 32.1. The van der Waals surface area contributed by atoms with E-state index in [9.17, 15) is 9.90 Å². The first-order chi connectivity index (χ1) is 7.37. The fourth-order valence-corrected chi connectivity index (χ4v) is 1.84. The molecule has 0 aliphatic carbocycles. The first-order valence-corrected chi connectivity index (χ1v) is 5.93. The monoisotopic (exact) mass is 239 g/mol. The zero-order chi connectivity index (χ0) is 12.2. The van der Waals surface area contributed by atoms with Crippen LogP contribution in [-0.4, -0.2) is 23.2 Å². The highest BCUT2D eigenvalue weighted by Crippen LogP contribution is 2.16. The summed E-state index contributed by atoms with van der Waals surface area (Å²) in [6.45, 7) is 5.58. The van der Waals surface area contributed by atoms with Crippen molar-refractivity contribution in [2.75, 3.05) is 6.54 Å². The Bertz CT molecular complexity index is 388. The molecule has 0 spiro atoms. The van der Waals surface area contributed by atoms with Gasteiger partial charge < -0.3 is 10.4 Å². The average molecular weight is 239 g/mol. The minimum absolute atomic E-state index is 0.187. The smallest absolute Gasteiger partial charge is 0.244 e. The maximum Gasteiger partial charge on any atom is 0.244 e. The van der Waals surface area contributed by atoms with Crippen molar-refractivity contribution in [2.24, 2.45) is 0 Å². The number of carbonyl (C=O) groups is 1. The van der Waals surface area contributed by atoms with Crippen LogP contribution in [0.3, 0.4) is 0 Å². The Kier molecular flexibility index (Phi) is 4.26. The van der Waals surface area contributed by atoms with Crippen molar-refractivity contribution in [1.29, 1.82) is 0 Å². The number of hydrogen-bond donors (Lipinski definition) is 2. The normalized spacial score (nSPS) is 12.0. The lowest BCUT2D eigenvalue weighted by atomic mass is 10.1. The van der Waals surface area contributed by atoms with Crippen LogP contribution in [0.5, 0.6) is 0 Å². The molecule has 0 fully saturated rings. The number of amides is 1. The average Bonchev–Trinajstić information content (AvgIpc) is 2.57. The van der Waals surface area contributed by atoms with Crippen LogP contribution in [0.15, 0.2) is 18.2 Å². The Hall–Kier alpha value is -1.13. The zero-order valence-corrected chi connectivity index (χ0v) is 10.6. The van der Waals surface area contributed by atoms with Gasteiger partial charge in [0.05, 0.1) is 5.60 Å². The summed E-state index contributed by atoms with van der Waals surface area (Å²) in [5.41, 5.74) is -0.872. The lowest BCUT2D eigenvalue weighted by molar-refractivity contribution is -0.117. The van der Waals surface area contributed by atoms with Crippen molar-refractivity contribution in [3.63, 3.8) is 0 Å². The van der Waals surface area contributed by atoms with E-state index < -0.39 is 5.60 Å². The van der Waals surface area contributed by atoms with Crippen molar-refractivity contribution in [3.05, 3.63) is 28.0 Å². The third-order valence-corrected chi connectivity index (χ3v) is 2.82. The Labute approximate surface area is 99.8 Å². The minimum Gasteiger partial charge on any atom is -0.389 e. The summed E-state index contributed by atoms with van der Waals surface area (Å²) < 4.78 is 0. The van der Waals surface area contributed by atoms with Crippen LogP contribution < -0.4 is 5.32 Å². The van der Waals surface area contributed by atoms with E-state index in [4.69, 9.17) is 0 Å². The Balaban J connectivity index is 2.43. The van der Waals surface area contributed by atoms with Gasteiger partial charge in [-0.3, -0.25) is 4.79 Å². The predicted molar refractivity (Wildman–Crippen MR) is 67.4 cm³/mol. The summed E-state index contributed by atoms with van der Waals surface area (Å²) in [7, 11) is 0. The molecule has 0 aromatic carbocycles. The molecule has 2 N–H and O–H groups in total. The third kappa shape index (κ3) is 5.09. The van der Waals surface area contributed by atoms with Gasteiger partial charge in [0.25, 0.3) is 0 Å². The second kappa shape index (κ2) is 5.27. The molecule has 0 unspecified atom stereocenters. The maximum atomic E-state index is 11.4. The molecule has 0 saturated carbocycles. The van der Waals surface area contributed by atoms with Gasteiger partial charge in [-0.2, -0.15) is 0 Å². The van der Waals surface area contributed by atoms with Crippen LogP contribution in [0.2, 0.25) is 0 Å². The molecule has 0 aliphatic rings. The predicted octanol–water partition coefficient (Wildman–Crippen LogP) is 1.96. The summed E-state index contributed by atoms with van der Waals surface area (Å²) in [6, 6.07) is 3.98. The third-order valence-electron chi connectivity index (χ3n) is 1.86. The van der Waals surface area contributed by atoms with E-state index in [1.807, 2.05) is 19.1 Å². The van der Waals surface area contributed by atoms with Crippen molar-refractivity contribution >= 4 is 23.3 Å². The molecular formula is C12H17NO2S. The van der Waals surface area contributed by atoms with E-state index in [2.05, 4.69) is 5.32 Å². The van der Waals surface area contributed by atoms with Crippen LogP contribution in [0.4, 0.5) is 0 Å². The van der Waals surface area contributed by atoms with E-state index in [1.54, 1.807) is 31.3 Å². The van der Waals surface area contributed by atoms with Gasteiger partial charge in [0.2, 0.25) is 5.91 Å². The number of rotatable bonds is 4. The molecule has 1 aromatic heterocycles. The number of nitrogens with one attached hydrogen (secondary N) is 1. The SMILES string of the molecule is Cc1ccc(C=CC(=O)NCC(C)(C)O)s1. The van der Waals surface area contributed by atoms with Gasteiger partial charge in [-0.05, 0) is 39.0 Å². The minimum atomic E-state index is -0.872. The molecule has 0 saturated heterocycles. The van der Waals surface area contributed by atoms with Crippen molar-refractivity contribution in [3.8, 4) is 0 Å². The Morgan fingerprint density at radius 1 is 1.56 bits per heavy atom.